The minimum Gasteiger partial charge on any atom is -0.475 e. The molecule has 0 radical (unpaired) electrons. The molecule has 20 heavy (non-hydrogen) atoms. The molecule has 118 valence electrons. The first-order valence-electron chi connectivity index (χ1n) is 5.47. The molecule has 0 fully saturated rings. The number of halogens is 2. The van der Waals surface area contributed by atoms with Crippen molar-refractivity contribution in [2.24, 2.45) is 0 Å². The molecule has 1 aliphatic rings. The Kier molecular flexibility index (Phi) is 25.6. The molecule has 1 heterocycles. The summed E-state index contributed by atoms with van der Waals surface area (Å²) in [5.41, 5.74) is 0. The second kappa shape index (κ2) is 19.3. The normalized spacial score (nSPS) is 12.2. The third-order valence-electron chi connectivity index (χ3n) is 1.00. The van der Waals surface area contributed by atoms with E-state index in [1.165, 1.54) is 7.11 Å². The van der Waals surface area contributed by atoms with Gasteiger partial charge in [-0.25, -0.2) is 0 Å². The molecule has 0 amide bonds. The highest BCUT2D eigenvalue weighted by molar-refractivity contribution is 4.84. The Hall–Kier alpha value is -2.04. The molecule has 3 nitrogen and oxygen atoms in total. The molecule has 0 saturated heterocycles. The largest absolute Gasteiger partial charge is 0.475 e. The molecule has 5 heteroatoms. The molecule has 0 aromatic rings. The van der Waals surface area contributed by atoms with Crippen LogP contribution in [-0.4, -0.2) is 12.9 Å². The van der Waals surface area contributed by atoms with Crippen LogP contribution in [0, 0.1) is 0 Å². The first-order valence-corrected chi connectivity index (χ1v) is 5.47. The van der Waals surface area contributed by atoms with Gasteiger partial charge in [-0.05, 0) is 13.5 Å². The van der Waals surface area contributed by atoms with Crippen LogP contribution < -0.4 is 0 Å². The van der Waals surface area contributed by atoms with E-state index in [4.69, 9.17) is 4.74 Å². The van der Waals surface area contributed by atoms with Crippen LogP contribution in [0.4, 0.5) is 8.78 Å². The SMILES string of the molecule is C=C.C=C.C=C(F)OC.C=CC.CC1(C)OC=C(F)O1. The van der Waals surface area contributed by atoms with E-state index in [1.54, 1.807) is 19.9 Å². The van der Waals surface area contributed by atoms with E-state index in [-0.39, 0.29) is 0 Å². The molecule has 0 N–H and O–H groups in total. The van der Waals surface area contributed by atoms with Crippen LogP contribution in [0.3, 0.4) is 0 Å². The number of hydrogen-bond donors (Lipinski definition) is 0. The average molecular weight is 292 g/mol. The first-order chi connectivity index (χ1) is 9.29. The predicted molar refractivity (Wildman–Crippen MR) is 81.1 cm³/mol. The minimum absolute atomic E-state index is 0.657. The van der Waals surface area contributed by atoms with Gasteiger partial charge in [-0.2, -0.15) is 8.78 Å². The van der Waals surface area contributed by atoms with Crippen LogP contribution >= 0.6 is 0 Å². The Morgan fingerprint density at radius 3 is 1.65 bits per heavy atom. The molecule has 0 saturated carbocycles. The number of ether oxygens (including phenoxy) is 3. The fourth-order valence-corrected chi connectivity index (χ4v) is 0.471. The maximum absolute atomic E-state index is 11.9. The van der Waals surface area contributed by atoms with E-state index in [0.29, 0.717) is 0 Å². The predicted octanol–water partition coefficient (Wildman–Crippen LogP) is 5.41. The maximum atomic E-state index is 11.9. The number of allylic oxidation sites excluding steroid dienone is 1. The summed E-state index contributed by atoms with van der Waals surface area (Å²) in [4.78, 5) is 0. The number of rotatable bonds is 1. The Morgan fingerprint density at radius 1 is 1.30 bits per heavy atom. The van der Waals surface area contributed by atoms with Crippen molar-refractivity contribution in [3.05, 3.63) is 63.8 Å². The smallest absolute Gasteiger partial charge is 0.311 e. The quantitative estimate of drug-likeness (QED) is 0.478. The molecule has 0 aromatic carbocycles. The van der Waals surface area contributed by atoms with E-state index < -0.39 is 17.8 Å². The lowest BCUT2D eigenvalue weighted by molar-refractivity contribution is -0.126. The van der Waals surface area contributed by atoms with Crippen molar-refractivity contribution in [3.8, 4) is 0 Å². The fourth-order valence-electron chi connectivity index (χ4n) is 0.471. The van der Waals surface area contributed by atoms with Crippen LogP contribution in [0.25, 0.3) is 0 Å². The van der Waals surface area contributed by atoms with Gasteiger partial charge in [0.15, 0.2) is 6.26 Å². The van der Waals surface area contributed by atoms with Gasteiger partial charge in [0.2, 0.25) is 5.79 Å². The van der Waals surface area contributed by atoms with Crippen molar-refractivity contribution >= 4 is 0 Å². The highest BCUT2D eigenvalue weighted by atomic mass is 19.1. The second-order valence-corrected chi connectivity index (χ2v) is 3.01. The number of hydrogen-bond acceptors (Lipinski definition) is 3. The molecular formula is C15H26F2O3. The molecular weight excluding hydrogens is 266 g/mol. The zero-order valence-corrected chi connectivity index (χ0v) is 12.9. The maximum Gasteiger partial charge on any atom is 0.311 e. The van der Waals surface area contributed by atoms with Gasteiger partial charge in [0, 0.05) is 13.8 Å². The third kappa shape index (κ3) is 29.7. The van der Waals surface area contributed by atoms with Gasteiger partial charge in [0.25, 0.3) is 6.01 Å². The van der Waals surface area contributed by atoms with E-state index in [2.05, 4.69) is 48.9 Å². The van der Waals surface area contributed by atoms with Crippen LogP contribution in [0.1, 0.15) is 20.8 Å². The van der Waals surface area contributed by atoms with Gasteiger partial charge in [-0.3, -0.25) is 0 Å². The summed E-state index contributed by atoms with van der Waals surface area (Å²) in [6.45, 7) is 23.3. The van der Waals surface area contributed by atoms with Crippen molar-refractivity contribution in [2.75, 3.05) is 7.11 Å². The van der Waals surface area contributed by atoms with Gasteiger partial charge in [0.05, 0.1) is 7.11 Å². The Morgan fingerprint density at radius 2 is 1.60 bits per heavy atom. The second-order valence-electron chi connectivity index (χ2n) is 3.01. The first kappa shape index (κ1) is 26.5. The van der Waals surface area contributed by atoms with Crippen molar-refractivity contribution < 1.29 is 23.0 Å². The monoisotopic (exact) mass is 292 g/mol. The summed E-state index contributed by atoms with van der Waals surface area (Å²) in [5, 5.41) is 0. The van der Waals surface area contributed by atoms with Gasteiger partial charge in [0.1, 0.15) is 0 Å². The van der Waals surface area contributed by atoms with Crippen molar-refractivity contribution in [2.45, 2.75) is 26.6 Å². The summed E-state index contributed by atoms with van der Waals surface area (Å²) in [7, 11) is 1.22. The van der Waals surface area contributed by atoms with Crippen molar-refractivity contribution in [1.82, 2.24) is 0 Å². The summed E-state index contributed by atoms with van der Waals surface area (Å²) in [6.07, 6.45) is 2.71. The van der Waals surface area contributed by atoms with Gasteiger partial charge in [-0.15, -0.1) is 32.9 Å². The summed E-state index contributed by atoms with van der Waals surface area (Å²) in [6, 6.07) is -1.40. The van der Waals surface area contributed by atoms with E-state index in [1.807, 2.05) is 6.92 Å². The summed E-state index contributed by atoms with van der Waals surface area (Å²) in [5.74, 6) is -0.802. The minimum atomic E-state index is -0.802. The van der Waals surface area contributed by atoms with E-state index >= 15 is 0 Å². The highest BCUT2D eigenvalue weighted by Crippen LogP contribution is 2.24. The summed E-state index contributed by atoms with van der Waals surface area (Å²) >= 11 is 0. The lowest BCUT2D eigenvalue weighted by Crippen LogP contribution is -2.19. The molecule has 1 rings (SSSR count). The fraction of sp³-hybridized carbons (Fsp3) is 0.333. The summed E-state index contributed by atoms with van der Waals surface area (Å²) < 4.78 is 36.1. The third-order valence-corrected chi connectivity index (χ3v) is 1.00. The van der Waals surface area contributed by atoms with Crippen LogP contribution in [-0.2, 0) is 14.2 Å². The zero-order chi connectivity index (χ0) is 17.2. The van der Waals surface area contributed by atoms with E-state index in [0.717, 1.165) is 6.26 Å². The molecule has 0 bridgehead atoms. The molecule has 0 aliphatic carbocycles. The van der Waals surface area contributed by atoms with Gasteiger partial charge in [-0.1, -0.05) is 6.08 Å². The van der Waals surface area contributed by atoms with Gasteiger partial charge < -0.3 is 14.2 Å². The zero-order valence-electron chi connectivity index (χ0n) is 12.9. The van der Waals surface area contributed by atoms with E-state index in [9.17, 15) is 8.78 Å². The Labute approximate surface area is 121 Å². The molecule has 0 aromatic heterocycles. The van der Waals surface area contributed by atoms with Crippen molar-refractivity contribution in [1.29, 1.82) is 0 Å². The Bertz CT molecular complexity index is 272. The standard InChI is InChI=1S/C5H7FO2.C3H5FO.C3H6.2C2H4/c1-5(2)7-3-4(6)8-5;1-3(4)5-2;1-3-2;2*1-2/h3H,1-2H3;1H2,2H3;3H,1H2,2H3;2*1-2H2. The van der Waals surface area contributed by atoms with Crippen LogP contribution in [0.5, 0.6) is 0 Å². The van der Waals surface area contributed by atoms with Crippen molar-refractivity contribution in [3.63, 3.8) is 0 Å². The van der Waals surface area contributed by atoms with Crippen LogP contribution in [0.15, 0.2) is 63.8 Å². The highest BCUT2D eigenvalue weighted by Gasteiger charge is 2.27. The lowest BCUT2D eigenvalue weighted by atomic mass is 10.4. The lowest BCUT2D eigenvalue weighted by Gasteiger charge is -2.15. The van der Waals surface area contributed by atoms with Gasteiger partial charge >= 0.3 is 6.01 Å². The molecule has 0 atom stereocenters. The molecule has 1 aliphatic heterocycles. The topological polar surface area (TPSA) is 27.7 Å². The molecule has 0 spiro atoms. The molecule has 0 unspecified atom stereocenters. The average Bonchev–Trinajstić information content (AvgIpc) is 2.73. The Balaban J connectivity index is -0.0000000930. The number of methoxy groups -OCH3 is 1. The van der Waals surface area contributed by atoms with Crippen LogP contribution in [0.2, 0.25) is 0 Å².